The second kappa shape index (κ2) is 9.71. The van der Waals surface area contributed by atoms with Crippen LogP contribution in [-0.4, -0.2) is 43.4 Å². The summed E-state index contributed by atoms with van der Waals surface area (Å²) in [6.45, 7) is 8.06. The highest BCUT2D eigenvalue weighted by atomic mass is 35.5. The Labute approximate surface area is 186 Å². The molecule has 2 heterocycles. The molecule has 1 aromatic carbocycles. The van der Waals surface area contributed by atoms with Gasteiger partial charge in [-0.25, -0.2) is 9.67 Å². The Morgan fingerprint density at radius 2 is 2.17 bits per heavy atom. The zero-order valence-corrected chi connectivity index (χ0v) is 18.9. The van der Waals surface area contributed by atoms with Crippen molar-refractivity contribution in [2.24, 2.45) is 0 Å². The smallest absolute Gasteiger partial charge is 0.239 e. The Morgan fingerprint density at radius 3 is 2.86 bits per heavy atom. The van der Waals surface area contributed by atoms with E-state index in [0.717, 1.165) is 11.3 Å². The number of benzene rings is 1. The number of hydrogen-bond donors (Lipinski definition) is 0. The summed E-state index contributed by atoms with van der Waals surface area (Å²) in [6.07, 6.45) is 1.67. The van der Waals surface area contributed by atoms with Crippen molar-refractivity contribution in [1.29, 1.82) is 0 Å². The number of aromatic nitrogens is 5. The first-order valence-electron chi connectivity index (χ1n) is 8.63. The highest BCUT2D eigenvalue weighted by molar-refractivity contribution is 7.99. The lowest BCUT2D eigenvalue weighted by molar-refractivity contribution is -0.116. The fourth-order valence-electron chi connectivity index (χ4n) is 2.40. The third-order valence-corrected chi connectivity index (χ3v) is 6.35. The Morgan fingerprint density at radius 1 is 1.38 bits per heavy atom. The predicted molar refractivity (Wildman–Crippen MR) is 119 cm³/mol. The van der Waals surface area contributed by atoms with Crippen molar-refractivity contribution >= 4 is 57.3 Å². The van der Waals surface area contributed by atoms with E-state index in [0.29, 0.717) is 26.9 Å². The molecule has 3 aromatic rings. The van der Waals surface area contributed by atoms with Crippen molar-refractivity contribution in [2.75, 3.05) is 17.2 Å². The first-order valence-corrected chi connectivity index (χ1v) is 11.3. The van der Waals surface area contributed by atoms with Crippen LogP contribution in [0, 0.1) is 0 Å². The van der Waals surface area contributed by atoms with E-state index in [2.05, 4.69) is 27.1 Å². The van der Waals surface area contributed by atoms with Crippen LogP contribution >= 0.6 is 46.3 Å². The number of amides is 1. The number of carbonyl (C=O) groups excluding carboxylic acids is 1. The van der Waals surface area contributed by atoms with Gasteiger partial charge in [-0.3, -0.25) is 9.69 Å². The van der Waals surface area contributed by atoms with E-state index in [-0.39, 0.29) is 17.7 Å². The molecule has 0 spiro atoms. The average molecular weight is 469 g/mol. The molecular weight excluding hydrogens is 451 g/mol. The lowest BCUT2D eigenvalue weighted by Crippen LogP contribution is -2.32. The number of thioether (sulfide) groups is 1. The molecule has 0 saturated heterocycles. The number of nitrogens with zero attached hydrogens (tertiary/aromatic N) is 6. The number of anilines is 1. The molecule has 0 aliphatic carbocycles. The summed E-state index contributed by atoms with van der Waals surface area (Å²) < 4.78 is 1.68. The summed E-state index contributed by atoms with van der Waals surface area (Å²) in [6, 6.07) is 5.43. The lowest BCUT2D eigenvalue weighted by Gasteiger charge is -2.17. The highest BCUT2D eigenvalue weighted by Gasteiger charge is 2.20. The Hall–Kier alpha value is -1.94. The molecule has 0 radical (unpaired) electrons. The summed E-state index contributed by atoms with van der Waals surface area (Å²) in [4.78, 5) is 19.1. The van der Waals surface area contributed by atoms with Crippen LogP contribution in [0.1, 0.15) is 19.9 Å². The minimum absolute atomic E-state index is 0.108. The SMILES string of the molecule is C=CCN(C(=O)CSc1nnnn1C(C)C)c1nc(-c2ccc(Cl)c(Cl)c2)cs1. The van der Waals surface area contributed by atoms with Gasteiger partial charge in [0, 0.05) is 17.5 Å². The standard InChI is InChI=1S/C18H18Cl2N6OS2/c1-4-7-25(16(27)10-29-18-22-23-24-26(18)11(2)3)17-21-15(9-28-17)12-5-6-13(19)14(20)8-12/h4-6,8-9,11H,1,7,10H2,2-3H3. The zero-order valence-electron chi connectivity index (χ0n) is 15.7. The fourth-order valence-corrected chi connectivity index (χ4v) is 4.44. The van der Waals surface area contributed by atoms with Gasteiger partial charge in [-0.15, -0.1) is 23.0 Å². The molecule has 0 N–H and O–H groups in total. The molecule has 152 valence electrons. The molecule has 7 nitrogen and oxygen atoms in total. The highest BCUT2D eigenvalue weighted by Crippen LogP contribution is 2.32. The van der Waals surface area contributed by atoms with Crippen LogP contribution in [0.25, 0.3) is 11.3 Å². The summed E-state index contributed by atoms with van der Waals surface area (Å²) in [5, 5.41) is 15.6. The van der Waals surface area contributed by atoms with Gasteiger partial charge in [-0.2, -0.15) is 0 Å². The number of hydrogen-bond acceptors (Lipinski definition) is 7. The number of carbonyl (C=O) groups is 1. The van der Waals surface area contributed by atoms with E-state index >= 15 is 0 Å². The second-order valence-electron chi connectivity index (χ2n) is 6.23. The molecule has 0 saturated carbocycles. The molecule has 1 amide bonds. The largest absolute Gasteiger partial charge is 0.284 e. The monoisotopic (exact) mass is 468 g/mol. The predicted octanol–water partition coefficient (Wildman–Crippen LogP) is 5.00. The minimum Gasteiger partial charge on any atom is -0.284 e. The molecule has 2 aromatic heterocycles. The number of tetrazole rings is 1. The van der Waals surface area contributed by atoms with Crippen LogP contribution in [-0.2, 0) is 4.79 Å². The maximum atomic E-state index is 12.9. The van der Waals surface area contributed by atoms with Crippen molar-refractivity contribution in [3.63, 3.8) is 0 Å². The van der Waals surface area contributed by atoms with E-state index in [9.17, 15) is 4.79 Å². The normalized spacial score (nSPS) is 11.1. The van der Waals surface area contributed by atoms with Gasteiger partial charge < -0.3 is 0 Å². The Kier molecular flexibility index (Phi) is 7.28. The van der Waals surface area contributed by atoms with Crippen molar-refractivity contribution in [3.8, 4) is 11.3 Å². The van der Waals surface area contributed by atoms with Crippen LogP contribution in [0.3, 0.4) is 0 Å². The van der Waals surface area contributed by atoms with Crippen LogP contribution in [0.5, 0.6) is 0 Å². The van der Waals surface area contributed by atoms with Gasteiger partial charge in [0.15, 0.2) is 5.13 Å². The molecule has 0 fully saturated rings. The van der Waals surface area contributed by atoms with Gasteiger partial charge in [0.1, 0.15) is 0 Å². The summed E-state index contributed by atoms with van der Waals surface area (Å²) in [7, 11) is 0. The molecule has 0 aliphatic rings. The first-order chi connectivity index (χ1) is 13.9. The molecule has 29 heavy (non-hydrogen) atoms. The summed E-state index contributed by atoms with van der Waals surface area (Å²) in [5.41, 5.74) is 1.56. The van der Waals surface area contributed by atoms with Gasteiger partial charge in [-0.05, 0) is 36.4 Å². The van der Waals surface area contributed by atoms with Crippen molar-refractivity contribution in [1.82, 2.24) is 25.2 Å². The van der Waals surface area contributed by atoms with Crippen LogP contribution < -0.4 is 4.90 Å². The number of halogens is 2. The molecule has 0 unspecified atom stereocenters. The minimum atomic E-state index is -0.108. The molecule has 3 rings (SSSR count). The quantitative estimate of drug-likeness (QED) is 0.342. The van der Waals surface area contributed by atoms with Crippen molar-refractivity contribution in [2.45, 2.75) is 25.0 Å². The zero-order chi connectivity index (χ0) is 21.0. The van der Waals surface area contributed by atoms with Gasteiger partial charge in [0.25, 0.3) is 0 Å². The summed E-state index contributed by atoms with van der Waals surface area (Å²) >= 11 is 14.8. The van der Waals surface area contributed by atoms with Crippen LogP contribution in [0.15, 0.2) is 41.4 Å². The topological polar surface area (TPSA) is 76.8 Å². The summed E-state index contributed by atoms with van der Waals surface area (Å²) in [5.74, 6) is 0.0750. The fraction of sp³-hybridized carbons (Fsp3) is 0.278. The average Bonchev–Trinajstić information content (AvgIpc) is 3.36. The number of thiazole rings is 1. The van der Waals surface area contributed by atoms with Crippen molar-refractivity contribution < 1.29 is 4.79 Å². The maximum absolute atomic E-state index is 12.9. The van der Waals surface area contributed by atoms with Crippen LogP contribution in [0.4, 0.5) is 5.13 Å². The molecular formula is C18H18Cl2N6OS2. The van der Waals surface area contributed by atoms with Crippen molar-refractivity contribution in [3.05, 3.63) is 46.3 Å². The Balaban J connectivity index is 1.76. The third kappa shape index (κ3) is 5.16. The molecule has 11 heteroatoms. The maximum Gasteiger partial charge on any atom is 0.239 e. The van der Waals surface area contributed by atoms with E-state index < -0.39 is 0 Å². The van der Waals surface area contributed by atoms with E-state index in [4.69, 9.17) is 23.2 Å². The molecule has 0 aliphatic heterocycles. The Bertz CT molecular complexity index is 1020. The second-order valence-corrected chi connectivity index (χ2v) is 8.82. The van der Waals surface area contributed by atoms with E-state index in [1.54, 1.807) is 27.8 Å². The molecule has 0 atom stereocenters. The van der Waals surface area contributed by atoms with E-state index in [1.807, 2.05) is 25.3 Å². The van der Waals surface area contributed by atoms with E-state index in [1.165, 1.54) is 23.1 Å². The van der Waals surface area contributed by atoms with Gasteiger partial charge in [0.2, 0.25) is 11.1 Å². The third-order valence-electron chi connectivity index (χ3n) is 3.83. The number of rotatable bonds is 8. The van der Waals surface area contributed by atoms with Gasteiger partial charge in [0.05, 0.1) is 27.5 Å². The van der Waals surface area contributed by atoms with Gasteiger partial charge in [-0.1, -0.05) is 47.1 Å². The van der Waals surface area contributed by atoms with Crippen LogP contribution in [0.2, 0.25) is 10.0 Å². The molecule has 0 bridgehead atoms. The first kappa shape index (κ1) is 21.8. The lowest BCUT2D eigenvalue weighted by atomic mass is 10.2. The van der Waals surface area contributed by atoms with Gasteiger partial charge >= 0.3 is 0 Å².